The molecule has 2 aromatic carbocycles. The summed E-state index contributed by atoms with van der Waals surface area (Å²) in [6, 6.07) is 7.60. The third-order valence-electron chi connectivity index (χ3n) is 3.72. The highest BCUT2D eigenvalue weighted by molar-refractivity contribution is 6.35. The molecule has 0 saturated heterocycles. The van der Waals surface area contributed by atoms with E-state index in [1.165, 1.54) is 12.1 Å². The zero-order valence-corrected chi connectivity index (χ0v) is 12.3. The van der Waals surface area contributed by atoms with Gasteiger partial charge in [-0.25, -0.2) is 14.2 Å². The summed E-state index contributed by atoms with van der Waals surface area (Å²) in [6.07, 6.45) is -0.849. The minimum absolute atomic E-state index is 0.0900. The monoisotopic (exact) mass is 333 g/mol. The Morgan fingerprint density at radius 2 is 2.17 bits per heavy atom. The average Bonchev–Trinajstić information content (AvgIpc) is 3.11. The van der Waals surface area contributed by atoms with Crippen LogP contribution in [0.15, 0.2) is 34.7 Å². The number of aliphatic carboxylic acids is 1. The normalized spacial score (nSPS) is 16.3. The number of benzene rings is 2. The molecule has 4 rings (SSSR count). The molecule has 0 spiro atoms. The maximum Gasteiger partial charge on any atom is 0.345 e. The van der Waals surface area contributed by atoms with Crippen LogP contribution in [0, 0.1) is 5.82 Å². The van der Waals surface area contributed by atoms with Crippen molar-refractivity contribution in [2.75, 3.05) is 0 Å². The van der Waals surface area contributed by atoms with Gasteiger partial charge in [-0.05, 0) is 12.1 Å². The van der Waals surface area contributed by atoms with Gasteiger partial charge in [0, 0.05) is 18.1 Å². The maximum absolute atomic E-state index is 13.9. The van der Waals surface area contributed by atoms with Gasteiger partial charge in [0.1, 0.15) is 17.1 Å². The van der Waals surface area contributed by atoms with Gasteiger partial charge in [-0.1, -0.05) is 23.7 Å². The summed E-state index contributed by atoms with van der Waals surface area (Å²) in [6.45, 7) is 0. The van der Waals surface area contributed by atoms with Crippen molar-refractivity contribution in [3.05, 3.63) is 46.7 Å². The second-order valence-corrected chi connectivity index (χ2v) is 5.57. The largest absolute Gasteiger partial charge is 0.478 e. The van der Waals surface area contributed by atoms with Crippen LogP contribution in [0.1, 0.15) is 5.56 Å². The van der Waals surface area contributed by atoms with Gasteiger partial charge < -0.3 is 14.3 Å². The van der Waals surface area contributed by atoms with Crippen LogP contribution in [0.3, 0.4) is 0 Å². The van der Waals surface area contributed by atoms with Crippen molar-refractivity contribution < 1.29 is 23.4 Å². The van der Waals surface area contributed by atoms with E-state index in [0.29, 0.717) is 22.4 Å². The second kappa shape index (κ2) is 4.96. The summed E-state index contributed by atoms with van der Waals surface area (Å²) in [7, 11) is 0. The molecule has 1 aliphatic rings. The van der Waals surface area contributed by atoms with Gasteiger partial charge in [0.25, 0.3) is 0 Å². The molecule has 0 aliphatic carbocycles. The van der Waals surface area contributed by atoms with Crippen molar-refractivity contribution in [3.8, 4) is 17.2 Å². The highest BCUT2D eigenvalue weighted by Crippen LogP contribution is 2.41. The summed E-state index contributed by atoms with van der Waals surface area (Å²) >= 11 is 6.16. The van der Waals surface area contributed by atoms with E-state index < -0.39 is 17.9 Å². The van der Waals surface area contributed by atoms with E-state index in [2.05, 4.69) is 4.98 Å². The quantitative estimate of drug-likeness (QED) is 0.774. The summed E-state index contributed by atoms with van der Waals surface area (Å²) < 4.78 is 24.9. The fraction of sp³-hybridized carbons (Fsp3) is 0.125. The van der Waals surface area contributed by atoms with E-state index in [-0.39, 0.29) is 22.9 Å². The first-order valence-electron chi connectivity index (χ1n) is 6.81. The van der Waals surface area contributed by atoms with Crippen molar-refractivity contribution in [1.29, 1.82) is 0 Å². The van der Waals surface area contributed by atoms with Gasteiger partial charge in [0.15, 0.2) is 11.7 Å². The molecular weight excluding hydrogens is 325 g/mol. The highest BCUT2D eigenvalue weighted by Gasteiger charge is 2.33. The van der Waals surface area contributed by atoms with Crippen molar-refractivity contribution in [2.45, 2.75) is 12.5 Å². The summed E-state index contributed by atoms with van der Waals surface area (Å²) in [4.78, 5) is 15.4. The number of nitrogens with zero attached hydrogens (tertiary/aromatic N) is 1. The first-order chi connectivity index (χ1) is 11.0. The van der Waals surface area contributed by atoms with E-state index in [1.807, 2.05) is 0 Å². The SMILES string of the molecule is O=C(O)C1Cc2c(cc(Cl)c3nc(-c4ccccc4F)oc23)O1. The Bertz CT molecular complexity index is 953. The van der Waals surface area contributed by atoms with Crippen LogP contribution in [-0.2, 0) is 11.2 Å². The molecule has 5 nitrogen and oxygen atoms in total. The van der Waals surface area contributed by atoms with E-state index >= 15 is 0 Å². The lowest BCUT2D eigenvalue weighted by Gasteiger charge is -2.03. The number of oxazole rings is 1. The Morgan fingerprint density at radius 1 is 1.39 bits per heavy atom. The first kappa shape index (κ1) is 14.0. The Hall–Kier alpha value is -2.60. The Morgan fingerprint density at radius 3 is 2.91 bits per heavy atom. The van der Waals surface area contributed by atoms with Crippen LogP contribution in [0.5, 0.6) is 5.75 Å². The Kier molecular flexibility index (Phi) is 3.02. The zero-order chi connectivity index (χ0) is 16.1. The number of halogens is 2. The second-order valence-electron chi connectivity index (χ2n) is 5.16. The van der Waals surface area contributed by atoms with Gasteiger partial charge in [-0.2, -0.15) is 0 Å². The number of aromatic nitrogens is 1. The molecule has 1 aromatic heterocycles. The number of hydrogen-bond donors (Lipinski definition) is 1. The molecule has 1 unspecified atom stereocenters. The van der Waals surface area contributed by atoms with Crippen LogP contribution < -0.4 is 4.74 Å². The minimum Gasteiger partial charge on any atom is -0.478 e. The van der Waals surface area contributed by atoms with Gasteiger partial charge >= 0.3 is 5.97 Å². The van der Waals surface area contributed by atoms with Crippen LogP contribution in [0.2, 0.25) is 5.02 Å². The standard InChI is InChI=1S/C16H9ClFNO4/c17-9-6-11-8(5-12(22-11)16(20)21)14-13(9)19-15(23-14)7-3-1-2-4-10(7)18/h1-4,6,12H,5H2,(H,20,21). The predicted molar refractivity (Wildman–Crippen MR) is 80.2 cm³/mol. The maximum atomic E-state index is 13.9. The number of carbonyl (C=O) groups is 1. The molecule has 7 heteroatoms. The van der Waals surface area contributed by atoms with Crippen LogP contribution in [0.4, 0.5) is 4.39 Å². The molecule has 0 bridgehead atoms. The summed E-state index contributed by atoms with van der Waals surface area (Å²) in [5.74, 6) is -1.09. The fourth-order valence-electron chi connectivity index (χ4n) is 2.64. The predicted octanol–water partition coefficient (Wildman–Crippen LogP) is 3.68. The number of carboxylic acids is 1. The lowest BCUT2D eigenvalue weighted by molar-refractivity contribution is -0.144. The molecule has 23 heavy (non-hydrogen) atoms. The molecular formula is C16H9ClFNO4. The number of ether oxygens (including phenoxy) is 1. The van der Waals surface area contributed by atoms with E-state index in [0.717, 1.165) is 0 Å². The number of rotatable bonds is 2. The first-order valence-corrected chi connectivity index (χ1v) is 7.18. The molecule has 3 aromatic rings. The molecule has 0 saturated carbocycles. The van der Waals surface area contributed by atoms with Gasteiger partial charge in [-0.15, -0.1) is 0 Å². The van der Waals surface area contributed by atoms with E-state index in [4.69, 9.17) is 25.9 Å². The van der Waals surface area contributed by atoms with Crippen molar-refractivity contribution in [3.63, 3.8) is 0 Å². The fourth-order valence-corrected chi connectivity index (χ4v) is 2.86. The van der Waals surface area contributed by atoms with Crippen molar-refractivity contribution in [1.82, 2.24) is 4.98 Å². The molecule has 116 valence electrons. The van der Waals surface area contributed by atoms with Crippen LogP contribution >= 0.6 is 11.6 Å². The van der Waals surface area contributed by atoms with Crippen molar-refractivity contribution in [2.24, 2.45) is 0 Å². The minimum atomic E-state index is -1.07. The number of fused-ring (bicyclic) bond motifs is 3. The average molecular weight is 334 g/mol. The smallest absolute Gasteiger partial charge is 0.345 e. The topological polar surface area (TPSA) is 72.6 Å². The molecule has 0 amide bonds. The molecule has 1 N–H and O–H groups in total. The van der Waals surface area contributed by atoms with Crippen LogP contribution in [-0.4, -0.2) is 22.2 Å². The number of hydrogen-bond acceptors (Lipinski definition) is 4. The lowest BCUT2D eigenvalue weighted by atomic mass is 10.1. The molecule has 1 aliphatic heterocycles. The highest BCUT2D eigenvalue weighted by atomic mass is 35.5. The third kappa shape index (κ3) is 2.14. The van der Waals surface area contributed by atoms with E-state index in [9.17, 15) is 9.18 Å². The Balaban J connectivity index is 1.91. The summed E-state index contributed by atoms with van der Waals surface area (Å²) in [5, 5.41) is 9.35. The van der Waals surface area contributed by atoms with E-state index in [1.54, 1.807) is 18.2 Å². The number of carboxylic acid groups (broad SMARTS) is 1. The zero-order valence-electron chi connectivity index (χ0n) is 11.5. The van der Waals surface area contributed by atoms with Gasteiger partial charge in [-0.3, -0.25) is 0 Å². The lowest BCUT2D eigenvalue weighted by Crippen LogP contribution is -2.24. The van der Waals surface area contributed by atoms with Crippen LogP contribution in [0.25, 0.3) is 22.6 Å². The third-order valence-corrected chi connectivity index (χ3v) is 4.01. The van der Waals surface area contributed by atoms with Gasteiger partial charge in [0.2, 0.25) is 5.89 Å². The Labute approximate surface area is 134 Å². The molecule has 0 radical (unpaired) electrons. The summed E-state index contributed by atoms with van der Waals surface area (Å²) in [5.41, 5.74) is 1.47. The molecule has 2 heterocycles. The molecule has 1 atom stereocenters. The van der Waals surface area contributed by atoms with Crippen molar-refractivity contribution >= 4 is 28.7 Å². The van der Waals surface area contributed by atoms with Gasteiger partial charge in [0.05, 0.1) is 10.6 Å². The molecule has 0 fully saturated rings.